The molecule has 76 valence electrons. The van der Waals surface area contributed by atoms with E-state index in [0.717, 1.165) is 0 Å². The zero-order chi connectivity index (χ0) is 10.9. The van der Waals surface area contributed by atoms with Crippen molar-refractivity contribution in [3.05, 3.63) is 23.0 Å². The predicted octanol–water partition coefficient (Wildman–Crippen LogP) is 0.950. The lowest BCUT2D eigenvalue weighted by molar-refractivity contribution is -0.209. The molecule has 0 saturated carbocycles. The zero-order valence-electron chi connectivity index (χ0n) is 7.16. The Kier molecular flexibility index (Phi) is 2.48. The highest BCUT2D eigenvalue weighted by Crippen LogP contribution is 2.31. The quantitative estimate of drug-likeness (QED) is 0.702. The van der Waals surface area contributed by atoms with Crippen molar-refractivity contribution < 1.29 is 23.8 Å². The Hall–Kier alpha value is -1.56. The second-order valence-electron chi connectivity index (χ2n) is 2.68. The summed E-state index contributed by atoms with van der Waals surface area (Å²) in [6.07, 6.45) is -3.49. The molecule has 4 nitrogen and oxygen atoms in total. The number of aromatic hydroxyl groups is 1. The average Bonchev–Trinajstić information content (AvgIpc) is 2.07. The molecule has 0 bridgehead atoms. The molecule has 1 aromatic heterocycles. The van der Waals surface area contributed by atoms with Crippen molar-refractivity contribution in [2.75, 3.05) is 0 Å². The van der Waals surface area contributed by atoms with Gasteiger partial charge in [0.2, 0.25) is 0 Å². The van der Waals surface area contributed by atoms with E-state index in [1.165, 1.54) is 6.92 Å². The highest BCUT2D eigenvalue weighted by atomic mass is 19.3. The molecule has 0 saturated heterocycles. The lowest BCUT2D eigenvalue weighted by Gasteiger charge is -2.12. The van der Waals surface area contributed by atoms with E-state index in [0.29, 0.717) is 6.20 Å². The van der Waals surface area contributed by atoms with Crippen LogP contribution in [-0.2, 0) is 6.11 Å². The van der Waals surface area contributed by atoms with Gasteiger partial charge in [0.15, 0.2) is 6.29 Å². The Morgan fingerprint density at radius 1 is 1.57 bits per heavy atom. The minimum Gasteiger partial charge on any atom is -0.505 e. The van der Waals surface area contributed by atoms with Gasteiger partial charge in [-0.05, 0) is 6.92 Å². The SMILES string of the molecule is Cc1ncc(C(O)(F)F)c(C=O)c1O. The minimum atomic E-state index is -4.19. The standard InChI is InChI=1S/C8H7F2NO3/c1-4-7(13)5(3-12)6(2-11-4)8(9,10)14/h2-3,13-14H,1H3. The van der Waals surface area contributed by atoms with Gasteiger partial charge >= 0.3 is 6.11 Å². The summed E-state index contributed by atoms with van der Waals surface area (Å²) < 4.78 is 24.9. The number of aliphatic hydroxyl groups is 1. The van der Waals surface area contributed by atoms with Gasteiger partial charge in [0, 0.05) is 6.20 Å². The van der Waals surface area contributed by atoms with Gasteiger partial charge in [-0.15, -0.1) is 0 Å². The van der Waals surface area contributed by atoms with Gasteiger partial charge in [-0.25, -0.2) is 0 Å². The molecule has 2 N–H and O–H groups in total. The summed E-state index contributed by atoms with van der Waals surface area (Å²) in [5, 5.41) is 17.6. The highest BCUT2D eigenvalue weighted by molar-refractivity contribution is 5.82. The lowest BCUT2D eigenvalue weighted by Crippen LogP contribution is -2.15. The fourth-order valence-electron chi connectivity index (χ4n) is 0.974. The summed E-state index contributed by atoms with van der Waals surface area (Å²) in [6.45, 7) is 1.35. The molecule has 0 amide bonds. The first-order chi connectivity index (χ1) is 6.38. The van der Waals surface area contributed by atoms with Crippen molar-refractivity contribution in [3.63, 3.8) is 0 Å². The Bertz CT molecular complexity index is 374. The molecule has 0 atom stereocenters. The molecule has 6 heteroatoms. The Labute approximate surface area is 77.8 Å². The summed E-state index contributed by atoms with van der Waals surface area (Å²) >= 11 is 0. The molecule has 14 heavy (non-hydrogen) atoms. The van der Waals surface area contributed by atoms with E-state index in [2.05, 4.69) is 4.98 Å². The van der Waals surface area contributed by atoms with Crippen LogP contribution in [0, 0.1) is 6.92 Å². The first kappa shape index (κ1) is 10.5. The molecule has 0 radical (unpaired) electrons. The van der Waals surface area contributed by atoms with E-state index in [9.17, 15) is 18.7 Å². The van der Waals surface area contributed by atoms with Crippen molar-refractivity contribution in [3.8, 4) is 5.75 Å². The van der Waals surface area contributed by atoms with Crippen molar-refractivity contribution in [2.45, 2.75) is 13.0 Å². The van der Waals surface area contributed by atoms with Crippen molar-refractivity contribution >= 4 is 6.29 Å². The number of aldehydes is 1. The number of carbonyl (C=O) groups excluding carboxylic acids is 1. The summed E-state index contributed by atoms with van der Waals surface area (Å²) in [4.78, 5) is 13.8. The van der Waals surface area contributed by atoms with Gasteiger partial charge in [0.05, 0.1) is 16.8 Å². The third-order valence-corrected chi connectivity index (χ3v) is 1.72. The zero-order valence-corrected chi connectivity index (χ0v) is 7.16. The van der Waals surface area contributed by atoms with E-state index in [1.807, 2.05) is 0 Å². The van der Waals surface area contributed by atoms with Gasteiger partial charge < -0.3 is 10.2 Å². The van der Waals surface area contributed by atoms with Crippen molar-refractivity contribution in [1.82, 2.24) is 4.98 Å². The second kappa shape index (κ2) is 3.30. The van der Waals surface area contributed by atoms with Gasteiger partial charge in [-0.2, -0.15) is 8.78 Å². The van der Waals surface area contributed by atoms with Crippen LogP contribution in [0.25, 0.3) is 0 Å². The first-order valence-electron chi connectivity index (χ1n) is 3.62. The summed E-state index contributed by atoms with van der Waals surface area (Å²) in [5.41, 5.74) is -1.61. The van der Waals surface area contributed by atoms with Gasteiger partial charge in [-0.3, -0.25) is 9.78 Å². The highest BCUT2D eigenvalue weighted by Gasteiger charge is 2.33. The van der Waals surface area contributed by atoms with Crippen molar-refractivity contribution in [2.24, 2.45) is 0 Å². The molecule has 0 aromatic carbocycles. The number of carbonyl (C=O) groups is 1. The molecule has 0 spiro atoms. The van der Waals surface area contributed by atoms with Gasteiger partial charge in [0.1, 0.15) is 5.75 Å². The summed E-state index contributed by atoms with van der Waals surface area (Å²) in [5.74, 6) is -0.647. The van der Waals surface area contributed by atoms with Crippen LogP contribution in [0.15, 0.2) is 6.20 Å². The average molecular weight is 203 g/mol. The third kappa shape index (κ3) is 1.69. The van der Waals surface area contributed by atoms with Crippen LogP contribution in [0.5, 0.6) is 5.75 Å². The largest absolute Gasteiger partial charge is 0.505 e. The maximum Gasteiger partial charge on any atom is 0.383 e. The van der Waals surface area contributed by atoms with Crippen LogP contribution in [-0.4, -0.2) is 21.5 Å². The number of aromatic nitrogens is 1. The predicted molar refractivity (Wildman–Crippen MR) is 42.1 cm³/mol. The number of nitrogens with zero attached hydrogens (tertiary/aromatic N) is 1. The monoisotopic (exact) mass is 203 g/mol. The topological polar surface area (TPSA) is 70.4 Å². The minimum absolute atomic E-state index is 0.0418. The fraction of sp³-hybridized carbons (Fsp3) is 0.250. The Morgan fingerprint density at radius 3 is 2.57 bits per heavy atom. The first-order valence-corrected chi connectivity index (χ1v) is 3.62. The van der Waals surface area contributed by atoms with Crippen LogP contribution in [0.4, 0.5) is 8.78 Å². The second-order valence-corrected chi connectivity index (χ2v) is 2.68. The van der Waals surface area contributed by atoms with Crippen LogP contribution in [0.3, 0.4) is 0 Å². The van der Waals surface area contributed by atoms with E-state index in [1.54, 1.807) is 0 Å². The molecular weight excluding hydrogens is 196 g/mol. The third-order valence-electron chi connectivity index (χ3n) is 1.72. The molecule has 0 aliphatic carbocycles. The van der Waals surface area contributed by atoms with E-state index < -0.39 is 23.0 Å². The van der Waals surface area contributed by atoms with E-state index in [-0.39, 0.29) is 12.0 Å². The normalized spacial score (nSPS) is 11.4. The molecule has 1 rings (SSSR count). The molecular formula is C8H7F2NO3. The Balaban J connectivity index is 3.47. The van der Waals surface area contributed by atoms with E-state index >= 15 is 0 Å². The number of rotatable bonds is 2. The van der Waals surface area contributed by atoms with Gasteiger partial charge in [0.25, 0.3) is 0 Å². The number of halogens is 2. The molecule has 0 aliphatic heterocycles. The fourth-order valence-corrected chi connectivity index (χ4v) is 0.974. The maximum atomic E-state index is 12.5. The summed E-state index contributed by atoms with van der Waals surface area (Å²) in [6, 6.07) is 0. The van der Waals surface area contributed by atoms with Crippen LogP contribution in [0.1, 0.15) is 21.6 Å². The van der Waals surface area contributed by atoms with Gasteiger partial charge in [-0.1, -0.05) is 0 Å². The van der Waals surface area contributed by atoms with Crippen molar-refractivity contribution in [1.29, 1.82) is 0 Å². The number of alkyl halides is 2. The number of pyridine rings is 1. The lowest BCUT2D eigenvalue weighted by atomic mass is 10.1. The Morgan fingerprint density at radius 2 is 2.14 bits per heavy atom. The van der Waals surface area contributed by atoms with Crippen LogP contribution < -0.4 is 0 Å². The number of aryl methyl sites for hydroxylation is 1. The molecule has 0 unspecified atom stereocenters. The van der Waals surface area contributed by atoms with Crippen LogP contribution >= 0.6 is 0 Å². The maximum absolute atomic E-state index is 12.5. The van der Waals surface area contributed by atoms with E-state index in [4.69, 9.17) is 5.11 Å². The molecule has 1 aromatic rings. The van der Waals surface area contributed by atoms with Crippen LogP contribution in [0.2, 0.25) is 0 Å². The number of hydrogen-bond donors (Lipinski definition) is 2. The molecule has 0 aliphatic rings. The molecule has 0 fully saturated rings. The molecule has 1 heterocycles. The smallest absolute Gasteiger partial charge is 0.383 e. The number of hydrogen-bond acceptors (Lipinski definition) is 4. The summed E-state index contributed by atoms with van der Waals surface area (Å²) in [7, 11) is 0.